The van der Waals surface area contributed by atoms with Crippen molar-refractivity contribution in [1.29, 1.82) is 0 Å². The molecule has 0 unspecified atom stereocenters. The van der Waals surface area contributed by atoms with Gasteiger partial charge in [-0.1, -0.05) is 23.2 Å². The van der Waals surface area contributed by atoms with Gasteiger partial charge >= 0.3 is 0 Å². The van der Waals surface area contributed by atoms with Gasteiger partial charge in [0.15, 0.2) is 0 Å². The van der Waals surface area contributed by atoms with E-state index in [1.807, 2.05) is 4.90 Å². The van der Waals surface area contributed by atoms with Crippen molar-refractivity contribution in [3.05, 3.63) is 28.2 Å². The Kier molecular flexibility index (Phi) is 5.31. The van der Waals surface area contributed by atoms with Crippen molar-refractivity contribution in [2.24, 2.45) is 0 Å². The predicted octanol–water partition coefficient (Wildman–Crippen LogP) is 2.09. The molecule has 3 atom stereocenters. The molecule has 0 spiro atoms. The summed E-state index contributed by atoms with van der Waals surface area (Å²) in [7, 11) is 0. The first-order chi connectivity index (χ1) is 11.0. The maximum atomic E-state index is 12.5. The third-order valence-corrected chi connectivity index (χ3v) is 5.03. The summed E-state index contributed by atoms with van der Waals surface area (Å²) in [6, 6.07) is 4.90. The number of benzene rings is 1. The van der Waals surface area contributed by atoms with E-state index in [0.717, 1.165) is 19.4 Å². The number of carbonyl (C=O) groups excluding carboxylic acids is 1. The molecule has 23 heavy (non-hydrogen) atoms. The van der Waals surface area contributed by atoms with Gasteiger partial charge in [-0.05, 0) is 31.4 Å². The van der Waals surface area contributed by atoms with Crippen LogP contribution in [-0.2, 0) is 4.79 Å². The molecule has 2 heterocycles. The highest BCUT2D eigenvalue weighted by Gasteiger charge is 2.34. The van der Waals surface area contributed by atoms with Crippen LogP contribution in [0.4, 0.5) is 0 Å². The summed E-state index contributed by atoms with van der Waals surface area (Å²) in [6.07, 6.45) is 1.78. The van der Waals surface area contributed by atoms with E-state index < -0.39 is 6.10 Å². The molecule has 0 aliphatic carbocycles. The summed E-state index contributed by atoms with van der Waals surface area (Å²) in [5.41, 5.74) is 0. The van der Waals surface area contributed by atoms with Crippen LogP contribution in [0.5, 0.6) is 5.75 Å². The number of nitrogens with one attached hydrogen (secondary N) is 1. The van der Waals surface area contributed by atoms with Crippen molar-refractivity contribution < 1.29 is 14.6 Å². The Labute approximate surface area is 145 Å². The predicted molar refractivity (Wildman–Crippen MR) is 89.1 cm³/mol. The molecule has 126 valence electrons. The lowest BCUT2D eigenvalue weighted by Crippen LogP contribution is -2.50. The number of carbonyl (C=O) groups is 1. The molecular formula is C16H20Cl2N2O3. The molecule has 0 saturated carbocycles. The zero-order valence-electron chi connectivity index (χ0n) is 12.7. The van der Waals surface area contributed by atoms with Crippen LogP contribution >= 0.6 is 23.2 Å². The van der Waals surface area contributed by atoms with E-state index in [0.29, 0.717) is 35.3 Å². The van der Waals surface area contributed by atoms with Crippen LogP contribution < -0.4 is 10.1 Å². The van der Waals surface area contributed by atoms with E-state index in [4.69, 9.17) is 27.9 Å². The minimum absolute atomic E-state index is 0.0454. The SMILES string of the molecule is O=C([C@@H]1C[C@H](O)CN1)N1CCC[C@@H](Oc2ccc(Cl)c(Cl)c2)C1. The number of rotatable bonds is 3. The second-order valence-corrected chi connectivity index (χ2v) is 6.91. The average molecular weight is 359 g/mol. The van der Waals surface area contributed by atoms with Gasteiger partial charge < -0.3 is 20.1 Å². The van der Waals surface area contributed by atoms with Gasteiger partial charge in [-0.25, -0.2) is 0 Å². The van der Waals surface area contributed by atoms with E-state index in [1.165, 1.54) is 0 Å². The van der Waals surface area contributed by atoms with Gasteiger partial charge in [-0.3, -0.25) is 4.79 Å². The Hall–Kier alpha value is -1.01. The van der Waals surface area contributed by atoms with Crippen LogP contribution in [0.25, 0.3) is 0 Å². The molecule has 3 rings (SSSR count). The fourth-order valence-electron chi connectivity index (χ4n) is 3.10. The monoisotopic (exact) mass is 358 g/mol. The van der Waals surface area contributed by atoms with Crippen molar-refractivity contribution in [1.82, 2.24) is 10.2 Å². The number of aliphatic hydroxyl groups excluding tert-OH is 1. The second kappa shape index (κ2) is 7.26. The van der Waals surface area contributed by atoms with Gasteiger partial charge in [0.05, 0.1) is 28.7 Å². The normalized spacial score (nSPS) is 28.0. The van der Waals surface area contributed by atoms with Crippen molar-refractivity contribution in [3.63, 3.8) is 0 Å². The lowest BCUT2D eigenvalue weighted by Gasteiger charge is -2.34. The summed E-state index contributed by atoms with van der Waals surface area (Å²) >= 11 is 11.9. The van der Waals surface area contributed by atoms with Gasteiger partial charge in [0, 0.05) is 19.2 Å². The molecule has 2 fully saturated rings. The average Bonchev–Trinajstić information content (AvgIpc) is 2.97. The number of piperidine rings is 1. The smallest absolute Gasteiger partial charge is 0.239 e. The highest BCUT2D eigenvalue weighted by Crippen LogP contribution is 2.28. The Bertz CT molecular complexity index is 584. The van der Waals surface area contributed by atoms with Crippen LogP contribution in [0.2, 0.25) is 10.0 Å². The van der Waals surface area contributed by atoms with Crippen LogP contribution in [0.1, 0.15) is 19.3 Å². The lowest BCUT2D eigenvalue weighted by molar-refractivity contribution is -0.135. The highest BCUT2D eigenvalue weighted by molar-refractivity contribution is 6.42. The number of hydrogen-bond acceptors (Lipinski definition) is 4. The number of amides is 1. The molecule has 2 aliphatic rings. The number of likely N-dealkylation sites (tertiary alicyclic amines) is 1. The van der Waals surface area contributed by atoms with Crippen LogP contribution in [0, 0.1) is 0 Å². The van der Waals surface area contributed by atoms with E-state index in [9.17, 15) is 9.90 Å². The standard InChI is InChI=1S/C16H20Cl2N2O3/c17-13-4-3-11(7-14(13)18)23-12-2-1-5-20(9-12)16(22)15-6-10(21)8-19-15/h3-4,7,10,12,15,19,21H,1-2,5-6,8-9H2/t10-,12+,15-/m0/s1. The molecule has 2 N–H and O–H groups in total. The molecule has 1 aromatic rings. The van der Waals surface area contributed by atoms with Gasteiger partial charge in [0.2, 0.25) is 5.91 Å². The van der Waals surface area contributed by atoms with Crippen LogP contribution in [-0.4, -0.2) is 53.8 Å². The minimum Gasteiger partial charge on any atom is -0.489 e. The first-order valence-corrected chi connectivity index (χ1v) is 8.60. The molecular weight excluding hydrogens is 339 g/mol. The zero-order chi connectivity index (χ0) is 16.4. The fraction of sp³-hybridized carbons (Fsp3) is 0.562. The Balaban J connectivity index is 1.59. The molecule has 1 amide bonds. The third kappa shape index (κ3) is 4.10. The Morgan fingerprint density at radius 2 is 2.17 bits per heavy atom. The van der Waals surface area contributed by atoms with Crippen molar-refractivity contribution in [3.8, 4) is 5.75 Å². The van der Waals surface area contributed by atoms with Gasteiger partial charge in [-0.15, -0.1) is 0 Å². The van der Waals surface area contributed by atoms with E-state index in [1.54, 1.807) is 18.2 Å². The summed E-state index contributed by atoms with van der Waals surface area (Å²) < 4.78 is 5.95. The number of nitrogens with zero attached hydrogens (tertiary/aromatic N) is 1. The van der Waals surface area contributed by atoms with Crippen LogP contribution in [0.15, 0.2) is 18.2 Å². The molecule has 0 aromatic heterocycles. The number of β-amino-alcohol motifs (C(OH)–C–C–N with tert-alkyl or cyclic N) is 1. The second-order valence-electron chi connectivity index (χ2n) is 6.09. The summed E-state index contributed by atoms with van der Waals surface area (Å²) in [5.74, 6) is 0.706. The quantitative estimate of drug-likeness (QED) is 0.868. The minimum atomic E-state index is -0.433. The van der Waals surface area contributed by atoms with Gasteiger partial charge in [0.25, 0.3) is 0 Å². The number of hydrogen-bond donors (Lipinski definition) is 2. The van der Waals surface area contributed by atoms with Crippen LogP contribution in [0.3, 0.4) is 0 Å². The maximum absolute atomic E-state index is 12.5. The molecule has 2 saturated heterocycles. The Morgan fingerprint density at radius 1 is 1.35 bits per heavy atom. The number of halogens is 2. The summed E-state index contributed by atoms with van der Waals surface area (Å²) in [6.45, 7) is 1.76. The lowest BCUT2D eigenvalue weighted by atomic mass is 10.1. The topological polar surface area (TPSA) is 61.8 Å². The largest absolute Gasteiger partial charge is 0.489 e. The molecule has 2 aliphatic heterocycles. The Morgan fingerprint density at radius 3 is 2.87 bits per heavy atom. The molecule has 1 aromatic carbocycles. The van der Waals surface area contributed by atoms with E-state index in [2.05, 4.69) is 5.32 Å². The molecule has 5 nitrogen and oxygen atoms in total. The summed E-state index contributed by atoms with van der Waals surface area (Å²) in [5, 5.41) is 13.6. The number of ether oxygens (including phenoxy) is 1. The highest BCUT2D eigenvalue weighted by atomic mass is 35.5. The van der Waals surface area contributed by atoms with Crippen molar-refractivity contribution in [2.45, 2.75) is 37.5 Å². The van der Waals surface area contributed by atoms with Gasteiger partial charge in [0.1, 0.15) is 11.9 Å². The number of aliphatic hydroxyl groups is 1. The molecule has 0 radical (unpaired) electrons. The summed E-state index contributed by atoms with van der Waals surface area (Å²) in [4.78, 5) is 14.3. The molecule has 0 bridgehead atoms. The zero-order valence-corrected chi connectivity index (χ0v) is 14.2. The van der Waals surface area contributed by atoms with E-state index >= 15 is 0 Å². The molecule has 7 heteroatoms. The fourth-order valence-corrected chi connectivity index (χ4v) is 3.39. The first kappa shape index (κ1) is 16.8. The van der Waals surface area contributed by atoms with Gasteiger partial charge in [-0.2, -0.15) is 0 Å². The maximum Gasteiger partial charge on any atom is 0.239 e. The van der Waals surface area contributed by atoms with E-state index in [-0.39, 0.29) is 18.1 Å². The third-order valence-electron chi connectivity index (χ3n) is 4.29. The van der Waals surface area contributed by atoms with Crippen molar-refractivity contribution in [2.75, 3.05) is 19.6 Å². The first-order valence-electron chi connectivity index (χ1n) is 7.85. The van der Waals surface area contributed by atoms with Crippen molar-refractivity contribution >= 4 is 29.1 Å².